The number of benzene rings is 2. The summed E-state index contributed by atoms with van der Waals surface area (Å²) in [6, 6.07) is 13.0. The van der Waals surface area contributed by atoms with E-state index in [9.17, 15) is 14.4 Å². The molecule has 2 N–H and O–H groups in total. The average molecular weight is 448 g/mol. The molecule has 1 atom stereocenters. The molecule has 170 valence electrons. The number of nitrogens with one attached hydrogen (secondary N) is 2. The Labute approximate surface area is 190 Å². The number of anilines is 2. The van der Waals surface area contributed by atoms with E-state index >= 15 is 0 Å². The molecule has 0 saturated heterocycles. The molecule has 2 amide bonds. The molecule has 0 radical (unpaired) electrons. The van der Waals surface area contributed by atoms with Crippen molar-refractivity contribution in [3.63, 3.8) is 0 Å². The van der Waals surface area contributed by atoms with E-state index in [4.69, 9.17) is 9.47 Å². The van der Waals surface area contributed by atoms with Crippen molar-refractivity contribution in [3.8, 4) is 17.0 Å². The molecule has 0 fully saturated rings. The molecule has 0 spiro atoms. The number of amides is 2. The summed E-state index contributed by atoms with van der Waals surface area (Å²) in [5.41, 5.74) is 3.18. The maximum Gasteiger partial charge on any atom is 0.338 e. The minimum absolute atomic E-state index is 0.0388. The van der Waals surface area contributed by atoms with Crippen LogP contribution in [0.1, 0.15) is 35.3 Å². The average Bonchev–Trinajstić information content (AvgIpc) is 3.15. The summed E-state index contributed by atoms with van der Waals surface area (Å²) < 4.78 is 11.7. The zero-order valence-corrected chi connectivity index (χ0v) is 18.5. The van der Waals surface area contributed by atoms with Crippen LogP contribution in [0.15, 0.2) is 48.5 Å². The Hall–Kier alpha value is -4.14. The molecule has 1 aliphatic rings. The highest BCUT2D eigenvalue weighted by molar-refractivity contribution is 6.02. The Morgan fingerprint density at radius 1 is 1.15 bits per heavy atom. The SMILES string of the molecule is CCOC(=O)c1ccc(NC(=O)C2CC(=O)Nc3c(C)c(-c4ccc(OC)cc4)nn32)cc1. The largest absolute Gasteiger partial charge is 0.497 e. The summed E-state index contributed by atoms with van der Waals surface area (Å²) >= 11 is 0. The third kappa shape index (κ3) is 4.43. The van der Waals surface area contributed by atoms with Crippen molar-refractivity contribution in [2.24, 2.45) is 0 Å². The van der Waals surface area contributed by atoms with E-state index in [0.717, 1.165) is 16.9 Å². The Morgan fingerprint density at radius 2 is 1.85 bits per heavy atom. The minimum atomic E-state index is -0.816. The van der Waals surface area contributed by atoms with Crippen molar-refractivity contribution in [2.75, 3.05) is 24.4 Å². The summed E-state index contributed by atoms with van der Waals surface area (Å²) in [6.45, 7) is 3.87. The molecule has 1 aromatic heterocycles. The number of hydrogen-bond acceptors (Lipinski definition) is 6. The summed E-state index contributed by atoms with van der Waals surface area (Å²) in [5.74, 6) is 0.153. The molecular formula is C24H24N4O5. The summed E-state index contributed by atoms with van der Waals surface area (Å²) in [5, 5.41) is 10.3. The molecule has 0 bridgehead atoms. The molecule has 9 heteroatoms. The van der Waals surface area contributed by atoms with Crippen LogP contribution in [0.2, 0.25) is 0 Å². The summed E-state index contributed by atoms with van der Waals surface area (Å²) in [6.07, 6.45) is -0.0388. The molecule has 2 aromatic carbocycles. The van der Waals surface area contributed by atoms with E-state index in [1.807, 2.05) is 31.2 Å². The van der Waals surface area contributed by atoms with Gasteiger partial charge in [-0.1, -0.05) is 0 Å². The first kappa shape index (κ1) is 22.1. The third-order valence-electron chi connectivity index (χ3n) is 5.41. The normalized spacial score (nSPS) is 14.8. The lowest BCUT2D eigenvalue weighted by Gasteiger charge is -2.24. The minimum Gasteiger partial charge on any atom is -0.497 e. The highest BCUT2D eigenvalue weighted by Gasteiger charge is 2.34. The number of esters is 1. The van der Waals surface area contributed by atoms with E-state index < -0.39 is 12.0 Å². The van der Waals surface area contributed by atoms with Gasteiger partial charge in [-0.15, -0.1) is 0 Å². The molecule has 2 heterocycles. The van der Waals surface area contributed by atoms with E-state index in [-0.39, 0.29) is 24.8 Å². The molecular weight excluding hydrogens is 424 g/mol. The van der Waals surface area contributed by atoms with Crippen molar-refractivity contribution in [2.45, 2.75) is 26.3 Å². The first-order valence-electron chi connectivity index (χ1n) is 10.5. The smallest absolute Gasteiger partial charge is 0.338 e. The van der Waals surface area contributed by atoms with Gasteiger partial charge in [-0.3, -0.25) is 9.59 Å². The maximum atomic E-state index is 13.1. The number of carbonyl (C=O) groups excluding carboxylic acids is 3. The second-order valence-electron chi connectivity index (χ2n) is 7.55. The van der Waals surface area contributed by atoms with Crippen molar-refractivity contribution in [3.05, 3.63) is 59.7 Å². The number of carbonyl (C=O) groups is 3. The van der Waals surface area contributed by atoms with Gasteiger partial charge in [-0.25, -0.2) is 9.48 Å². The molecule has 1 aliphatic heterocycles. The maximum absolute atomic E-state index is 13.1. The second-order valence-corrected chi connectivity index (χ2v) is 7.55. The van der Waals surface area contributed by atoms with Crippen LogP contribution in [0.3, 0.4) is 0 Å². The lowest BCUT2D eigenvalue weighted by Crippen LogP contribution is -2.35. The van der Waals surface area contributed by atoms with Crippen LogP contribution >= 0.6 is 0 Å². The van der Waals surface area contributed by atoms with Gasteiger partial charge in [0, 0.05) is 16.8 Å². The van der Waals surface area contributed by atoms with Crippen molar-refractivity contribution in [1.29, 1.82) is 0 Å². The highest BCUT2D eigenvalue weighted by atomic mass is 16.5. The van der Waals surface area contributed by atoms with E-state index in [2.05, 4.69) is 15.7 Å². The van der Waals surface area contributed by atoms with Gasteiger partial charge in [0.2, 0.25) is 11.8 Å². The fourth-order valence-corrected chi connectivity index (χ4v) is 3.69. The Kier molecular flexibility index (Phi) is 6.12. The van der Waals surface area contributed by atoms with Gasteiger partial charge in [0.25, 0.3) is 0 Å². The number of hydrogen-bond donors (Lipinski definition) is 2. The van der Waals surface area contributed by atoms with E-state index in [1.54, 1.807) is 43.0 Å². The zero-order chi connectivity index (χ0) is 23.5. The quantitative estimate of drug-likeness (QED) is 0.558. The molecule has 0 saturated carbocycles. The van der Waals surface area contributed by atoms with Gasteiger partial charge >= 0.3 is 5.97 Å². The van der Waals surface area contributed by atoms with Gasteiger partial charge in [-0.2, -0.15) is 5.10 Å². The molecule has 0 aliphatic carbocycles. The Balaban J connectivity index is 1.58. The lowest BCUT2D eigenvalue weighted by molar-refractivity contribution is -0.125. The summed E-state index contributed by atoms with van der Waals surface area (Å²) in [7, 11) is 1.60. The van der Waals surface area contributed by atoms with Crippen LogP contribution in [0.4, 0.5) is 11.5 Å². The topological polar surface area (TPSA) is 112 Å². The van der Waals surface area contributed by atoms with Gasteiger partial charge in [0.1, 0.15) is 17.6 Å². The highest BCUT2D eigenvalue weighted by Crippen LogP contribution is 2.35. The van der Waals surface area contributed by atoms with Crippen molar-refractivity contribution < 1.29 is 23.9 Å². The lowest BCUT2D eigenvalue weighted by atomic mass is 10.1. The van der Waals surface area contributed by atoms with Gasteiger partial charge < -0.3 is 20.1 Å². The van der Waals surface area contributed by atoms with Gasteiger partial charge in [0.15, 0.2) is 0 Å². The number of rotatable bonds is 6. The fraction of sp³-hybridized carbons (Fsp3) is 0.250. The molecule has 1 unspecified atom stereocenters. The van der Waals surface area contributed by atoms with Gasteiger partial charge in [0.05, 0.1) is 31.4 Å². The predicted octanol–water partition coefficient (Wildman–Crippen LogP) is 3.57. The number of methoxy groups -OCH3 is 1. The second kappa shape index (κ2) is 9.15. The Morgan fingerprint density at radius 3 is 2.48 bits per heavy atom. The molecule has 3 aromatic rings. The van der Waals surface area contributed by atoms with Crippen LogP contribution in [0, 0.1) is 6.92 Å². The first-order chi connectivity index (χ1) is 15.9. The molecule has 33 heavy (non-hydrogen) atoms. The monoisotopic (exact) mass is 448 g/mol. The van der Waals surface area contributed by atoms with Crippen LogP contribution in [-0.2, 0) is 14.3 Å². The number of aromatic nitrogens is 2. The fourth-order valence-electron chi connectivity index (χ4n) is 3.69. The van der Waals surface area contributed by atoms with Crippen LogP contribution < -0.4 is 15.4 Å². The molecule has 4 rings (SSSR count). The van der Waals surface area contributed by atoms with Crippen molar-refractivity contribution >= 4 is 29.3 Å². The van der Waals surface area contributed by atoms with Crippen LogP contribution in [0.25, 0.3) is 11.3 Å². The third-order valence-corrected chi connectivity index (χ3v) is 5.41. The van der Waals surface area contributed by atoms with E-state index in [1.165, 1.54) is 0 Å². The van der Waals surface area contributed by atoms with Crippen molar-refractivity contribution in [1.82, 2.24) is 9.78 Å². The van der Waals surface area contributed by atoms with E-state index in [0.29, 0.717) is 22.8 Å². The Bertz CT molecular complexity index is 1200. The number of nitrogens with zero attached hydrogens (tertiary/aromatic N) is 2. The zero-order valence-electron chi connectivity index (χ0n) is 18.5. The number of ether oxygens (including phenoxy) is 2. The van der Waals surface area contributed by atoms with Gasteiger partial charge in [-0.05, 0) is 62.4 Å². The first-order valence-corrected chi connectivity index (χ1v) is 10.5. The number of fused-ring (bicyclic) bond motifs is 1. The summed E-state index contributed by atoms with van der Waals surface area (Å²) in [4.78, 5) is 37.2. The van der Waals surface area contributed by atoms with Crippen LogP contribution in [-0.4, -0.2) is 41.3 Å². The standard InChI is InChI=1S/C24H24N4O5/c1-4-33-24(31)16-5-9-17(10-6-16)25-23(30)19-13-20(29)26-22-14(2)21(27-28(19)22)15-7-11-18(32-3)12-8-15/h5-12,19H,4,13H2,1-3H3,(H,25,30)(H,26,29). The molecule has 9 nitrogen and oxygen atoms in total. The van der Waals surface area contributed by atoms with Crippen LogP contribution in [0.5, 0.6) is 5.75 Å². The predicted molar refractivity (Wildman–Crippen MR) is 122 cm³/mol.